The Labute approximate surface area is 128 Å². The SMILES string of the molecule is CC(=O)NC(C(=O)Nc1ccc(Cl)c(C(N)=O)c1)C(C)C. The largest absolute Gasteiger partial charge is 0.366 e. The molecule has 0 aliphatic heterocycles. The molecule has 7 heteroatoms. The van der Waals surface area contributed by atoms with E-state index in [0.717, 1.165) is 0 Å². The monoisotopic (exact) mass is 311 g/mol. The molecule has 1 unspecified atom stereocenters. The van der Waals surface area contributed by atoms with Crippen molar-refractivity contribution < 1.29 is 14.4 Å². The fourth-order valence-electron chi connectivity index (χ4n) is 1.77. The maximum atomic E-state index is 12.2. The van der Waals surface area contributed by atoms with Gasteiger partial charge in [-0.1, -0.05) is 25.4 Å². The van der Waals surface area contributed by atoms with Crippen LogP contribution in [0.3, 0.4) is 0 Å². The van der Waals surface area contributed by atoms with Gasteiger partial charge in [0.15, 0.2) is 0 Å². The second kappa shape index (κ2) is 7.08. The Hall–Kier alpha value is -2.08. The predicted molar refractivity (Wildman–Crippen MR) is 81.0 cm³/mol. The van der Waals surface area contributed by atoms with Gasteiger partial charge in [0, 0.05) is 12.6 Å². The van der Waals surface area contributed by atoms with Crippen LogP contribution in [0.4, 0.5) is 5.69 Å². The van der Waals surface area contributed by atoms with Crippen molar-refractivity contribution in [2.75, 3.05) is 5.32 Å². The number of amides is 3. The number of rotatable bonds is 5. The Morgan fingerprint density at radius 2 is 1.86 bits per heavy atom. The molecule has 0 aromatic heterocycles. The molecule has 1 atom stereocenters. The van der Waals surface area contributed by atoms with Crippen LogP contribution in [0.15, 0.2) is 18.2 Å². The van der Waals surface area contributed by atoms with E-state index in [2.05, 4.69) is 10.6 Å². The minimum absolute atomic E-state index is 0.0863. The van der Waals surface area contributed by atoms with Crippen LogP contribution in [0.5, 0.6) is 0 Å². The van der Waals surface area contributed by atoms with Gasteiger partial charge in [0.05, 0.1) is 10.6 Å². The molecule has 0 spiro atoms. The fraction of sp³-hybridized carbons (Fsp3) is 0.357. The summed E-state index contributed by atoms with van der Waals surface area (Å²) in [7, 11) is 0. The van der Waals surface area contributed by atoms with Gasteiger partial charge >= 0.3 is 0 Å². The lowest BCUT2D eigenvalue weighted by molar-refractivity contribution is -0.126. The number of anilines is 1. The molecule has 0 fully saturated rings. The van der Waals surface area contributed by atoms with Crippen molar-refractivity contribution in [1.82, 2.24) is 5.32 Å². The first-order valence-corrected chi connectivity index (χ1v) is 6.77. The van der Waals surface area contributed by atoms with Crippen LogP contribution in [0.1, 0.15) is 31.1 Å². The minimum atomic E-state index is -0.682. The highest BCUT2D eigenvalue weighted by Gasteiger charge is 2.23. The third-order valence-electron chi connectivity index (χ3n) is 2.81. The number of hydrogen-bond acceptors (Lipinski definition) is 3. The number of carbonyl (C=O) groups excluding carboxylic acids is 3. The normalized spacial score (nSPS) is 11.9. The molecular weight excluding hydrogens is 294 g/mol. The number of primary amides is 1. The van der Waals surface area contributed by atoms with Gasteiger partial charge in [-0.15, -0.1) is 0 Å². The van der Waals surface area contributed by atoms with Crippen molar-refractivity contribution >= 4 is 35.0 Å². The summed E-state index contributed by atoms with van der Waals surface area (Å²) in [4.78, 5) is 34.5. The van der Waals surface area contributed by atoms with Crippen molar-refractivity contribution in [2.45, 2.75) is 26.8 Å². The number of carbonyl (C=O) groups is 3. The maximum absolute atomic E-state index is 12.2. The smallest absolute Gasteiger partial charge is 0.250 e. The van der Waals surface area contributed by atoms with Gasteiger partial charge < -0.3 is 16.4 Å². The van der Waals surface area contributed by atoms with Gasteiger partial charge in [0.1, 0.15) is 6.04 Å². The Morgan fingerprint density at radius 1 is 1.24 bits per heavy atom. The van der Waals surface area contributed by atoms with E-state index in [4.69, 9.17) is 17.3 Å². The fourth-order valence-corrected chi connectivity index (χ4v) is 1.98. The molecule has 114 valence electrons. The highest BCUT2D eigenvalue weighted by Crippen LogP contribution is 2.20. The summed E-state index contributed by atoms with van der Waals surface area (Å²) in [6.45, 7) is 4.98. The lowest BCUT2D eigenvalue weighted by Crippen LogP contribution is -2.46. The molecule has 0 radical (unpaired) electrons. The Bertz CT molecular complexity index is 573. The highest BCUT2D eigenvalue weighted by atomic mass is 35.5. The van der Waals surface area contributed by atoms with Crippen LogP contribution in [-0.2, 0) is 9.59 Å². The quantitative estimate of drug-likeness (QED) is 0.768. The zero-order valence-corrected chi connectivity index (χ0v) is 12.8. The molecule has 0 bridgehead atoms. The Kier molecular flexibility index (Phi) is 5.72. The zero-order valence-electron chi connectivity index (χ0n) is 12.1. The number of nitrogens with two attached hydrogens (primary N) is 1. The average molecular weight is 312 g/mol. The lowest BCUT2D eigenvalue weighted by Gasteiger charge is -2.21. The van der Waals surface area contributed by atoms with Crippen molar-refractivity contribution in [1.29, 1.82) is 0 Å². The first kappa shape index (κ1) is 17.0. The summed E-state index contributed by atoms with van der Waals surface area (Å²) in [5, 5.41) is 5.42. The number of halogens is 1. The third-order valence-corrected chi connectivity index (χ3v) is 3.14. The molecule has 6 nitrogen and oxygen atoms in total. The molecule has 21 heavy (non-hydrogen) atoms. The summed E-state index contributed by atoms with van der Waals surface area (Å²) < 4.78 is 0. The number of hydrogen-bond donors (Lipinski definition) is 3. The minimum Gasteiger partial charge on any atom is -0.366 e. The summed E-state index contributed by atoms with van der Waals surface area (Å²) in [5.74, 6) is -1.44. The number of nitrogens with one attached hydrogen (secondary N) is 2. The zero-order chi connectivity index (χ0) is 16.2. The molecule has 0 aliphatic carbocycles. The van der Waals surface area contributed by atoms with E-state index in [9.17, 15) is 14.4 Å². The Balaban J connectivity index is 2.93. The third kappa shape index (κ3) is 4.75. The van der Waals surface area contributed by atoms with E-state index >= 15 is 0 Å². The van der Waals surface area contributed by atoms with Crippen molar-refractivity contribution in [3.63, 3.8) is 0 Å². The molecule has 4 N–H and O–H groups in total. The second-order valence-electron chi connectivity index (χ2n) is 4.97. The lowest BCUT2D eigenvalue weighted by atomic mass is 10.0. The van der Waals surface area contributed by atoms with Crippen LogP contribution in [-0.4, -0.2) is 23.8 Å². The summed E-state index contributed by atoms with van der Waals surface area (Å²) >= 11 is 5.84. The first-order valence-electron chi connectivity index (χ1n) is 6.39. The van der Waals surface area contributed by atoms with Crippen LogP contribution in [0, 0.1) is 5.92 Å². The van der Waals surface area contributed by atoms with Gasteiger partial charge in [-0.25, -0.2) is 0 Å². The molecule has 0 aliphatic rings. The topological polar surface area (TPSA) is 101 Å². The van der Waals surface area contributed by atoms with Gasteiger partial charge in [0.25, 0.3) is 0 Å². The van der Waals surface area contributed by atoms with Crippen LogP contribution < -0.4 is 16.4 Å². The van der Waals surface area contributed by atoms with E-state index < -0.39 is 11.9 Å². The molecule has 1 rings (SSSR count). The van der Waals surface area contributed by atoms with Crippen LogP contribution in [0.25, 0.3) is 0 Å². The van der Waals surface area contributed by atoms with Gasteiger partial charge in [-0.2, -0.15) is 0 Å². The van der Waals surface area contributed by atoms with Crippen molar-refractivity contribution in [3.8, 4) is 0 Å². The molecule has 0 saturated heterocycles. The highest BCUT2D eigenvalue weighted by molar-refractivity contribution is 6.34. The average Bonchev–Trinajstić information content (AvgIpc) is 2.37. The summed E-state index contributed by atoms with van der Waals surface area (Å²) in [6.07, 6.45) is 0. The van der Waals surface area contributed by atoms with E-state index in [0.29, 0.717) is 5.69 Å². The molecule has 1 aromatic carbocycles. The number of benzene rings is 1. The van der Waals surface area contributed by atoms with Gasteiger partial charge in [-0.3, -0.25) is 14.4 Å². The maximum Gasteiger partial charge on any atom is 0.250 e. The summed E-state index contributed by atoms with van der Waals surface area (Å²) in [5.41, 5.74) is 5.70. The molecule has 0 saturated carbocycles. The first-order chi connectivity index (χ1) is 9.72. The molecular formula is C14H18ClN3O3. The standard InChI is InChI=1S/C14H18ClN3O3/c1-7(2)12(17-8(3)19)14(21)18-9-4-5-11(15)10(6-9)13(16)20/h4-7,12H,1-3H3,(H2,16,20)(H,17,19)(H,18,21). The van der Waals surface area contributed by atoms with E-state index in [1.54, 1.807) is 6.07 Å². The van der Waals surface area contributed by atoms with Crippen molar-refractivity contribution in [3.05, 3.63) is 28.8 Å². The molecule has 3 amide bonds. The second-order valence-corrected chi connectivity index (χ2v) is 5.38. The Morgan fingerprint density at radius 3 is 2.33 bits per heavy atom. The summed E-state index contributed by atoms with van der Waals surface area (Å²) in [6, 6.07) is 3.75. The van der Waals surface area contributed by atoms with E-state index in [1.165, 1.54) is 19.1 Å². The van der Waals surface area contributed by atoms with Crippen LogP contribution in [0.2, 0.25) is 5.02 Å². The predicted octanol–water partition coefficient (Wildman–Crippen LogP) is 1.54. The molecule has 0 heterocycles. The van der Waals surface area contributed by atoms with Crippen LogP contribution >= 0.6 is 11.6 Å². The van der Waals surface area contributed by atoms with Crippen molar-refractivity contribution in [2.24, 2.45) is 11.7 Å². The van der Waals surface area contributed by atoms with Gasteiger partial charge in [0.2, 0.25) is 17.7 Å². The van der Waals surface area contributed by atoms with Gasteiger partial charge in [-0.05, 0) is 24.1 Å². The molecule has 1 aromatic rings. The van der Waals surface area contributed by atoms with E-state index in [1.807, 2.05) is 13.8 Å². The van der Waals surface area contributed by atoms with E-state index in [-0.39, 0.29) is 28.3 Å².